The predicted octanol–water partition coefficient (Wildman–Crippen LogP) is 8.45. The smallest absolute Gasteiger partial charge is 0.160 e. The summed E-state index contributed by atoms with van der Waals surface area (Å²) in [6.45, 7) is 0. The molecule has 0 unspecified atom stereocenters. The SMILES string of the molecule is Ic1cc(-c2ccc(-c3ccccc3)cc2)nc(-c2ccc3sc4ccccc4c3c2)n1. The van der Waals surface area contributed by atoms with Crippen molar-refractivity contribution in [3.63, 3.8) is 0 Å². The molecule has 2 heterocycles. The van der Waals surface area contributed by atoms with E-state index in [9.17, 15) is 0 Å². The highest BCUT2D eigenvalue weighted by Gasteiger charge is 2.11. The van der Waals surface area contributed by atoms with Crippen LogP contribution in [0.25, 0.3) is 53.9 Å². The first kappa shape index (κ1) is 19.6. The number of fused-ring (bicyclic) bond motifs is 3. The third kappa shape index (κ3) is 3.59. The molecule has 6 aromatic rings. The molecule has 2 aromatic heterocycles. The minimum absolute atomic E-state index is 0.760. The molecule has 2 nitrogen and oxygen atoms in total. The zero-order chi connectivity index (χ0) is 21.5. The lowest BCUT2D eigenvalue weighted by atomic mass is 10.0. The lowest BCUT2D eigenvalue weighted by Gasteiger charge is -2.08. The molecule has 0 bridgehead atoms. The topological polar surface area (TPSA) is 25.8 Å². The summed E-state index contributed by atoms with van der Waals surface area (Å²) in [5.74, 6) is 0.760. The van der Waals surface area contributed by atoms with Gasteiger partial charge in [-0.3, -0.25) is 0 Å². The van der Waals surface area contributed by atoms with E-state index in [4.69, 9.17) is 9.97 Å². The minimum atomic E-state index is 0.760. The Hall–Kier alpha value is -3.09. The Labute approximate surface area is 203 Å². The molecule has 0 spiro atoms. The number of nitrogens with zero attached hydrogens (tertiary/aromatic N) is 2. The van der Waals surface area contributed by atoms with Crippen LogP contribution in [0.15, 0.2) is 103 Å². The van der Waals surface area contributed by atoms with Crippen LogP contribution >= 0.6 is 33.9 Å². The van der Waals surface area contributed by atoms with Gasteiger partial charge in [0.05, 0.1) is 5.69 Å². The first-order chi connectivity index (χ1) is 15.7. The number of aromatic nitrogens is 2. The van der Waals surface area contributed by atoms with Crippen molar-refractivity contribution in [3.8, 4) is 33.8 Å². The monoisotopic (exact) mass is 540 g/mol. The van der Waals surface area contributed by atoms with Gasteiger partial charge in [0.2, 0.25) is 0 Å². The molecule has 6 rings (SSSR count). The van der Waals surface area contributed by atoms with E-state index < -0.39 is 0 Å². The van der Waals surface area contributed by atoms with E-state index in [0.29, 0.717) is 0 Å². The van der Waals surface area contributed by atoms with Crippen molar-refractivity contribution in [1.29, 1.82) is 0 Å². The first-order valence-corrected chi connectivity index (χ1v) is 12.3. The van der Waals surface area contributed by atoms with Gasteiger partial charge in [-0.05, 0) is 64.0 Å². The maximum absolute atomic E-state index is 4.94. The second-order valence-corrected chi connectivity index (χ2v) is 9.84. The van der Waals surface area contributed by atoms with Crippen LogP contribution in [0.3, 0.4) is 0 Å². The summed E-state index contributed by atoms with van der Waals surface area (Å²) in [4.78, 5) is 9.68. The van der Waals surface area contributed by atoms with E-state index >= 15 is 0 Å². The molecule has 4 aromatic carbocycles. The summed E-state index contributed by atoms with van der Waals surface area (Å²) in [6.07, 6.45) is 0. The van der Waals surface area contributed by atoms with Crippen LogP contribution in [0.5, 0.6) is 0 Å². The number of halogens is 1. The summed E-state index contributed by atoms with van der Waals surface area (Å²) < 4.78 is 3.53. The highest BCUT2D eigenvalue weighted by Crippen LogP contribution is 2.36. The fourth-order valence-electron chi connectivity index (χ4n) is 4.02. The van der Waals surface area contributed by atoms with Crippen molar-refractivity contribution >= 4 is 54.1 Å². The third-order valence-corrected chi connectivity index (χ3v) is 7.32. The Balaban J connectivity index is 1.42. The van der Waals surface area contributed by atoms with Crippen molar-refractivity contribution in [2.24, 2.45) is 0 Å². The molecule has 0 saturated heterocycles. The first-order valence-electron chi connectivity index (χ1n) is 10.4. The van der Waals surface area contributed by atoms with Gasteiger partial charge in [-0.15, -0.1) is 11.3 Å². The van der Waals surface area contributed by atoms with Crippen LogP contribution in [-0.4, -0.2) is 9.97 Å². The van der Waals surface area contributed by atoms with E-state index in [-0.39, 0.29) is 0 Å². The molecule has 0 saturated carbocycles. The Morgan fingerprint density at radius 2 is 1.19 bits per heavy atom. The van der Waals surface area contributed by atoms with E-state index in [0.717, 1.165) is 26.3 Å². The van der Waals surface area contributed by atoms with Gasteiger partial charge in [0.15, 0.2) is 5.82 Å². The van der Waals surface area contributed by atoms with E-state index in [1.165, 1.54) is 31.3 Å². The van der Waals surface area contributed by atoms with Crippen LogP contribution in [0.4, 0.5) is 0 Å². The quantitative estimate of drug-likeness (QED) is 0.166. The Bertz CT molecular complexity index is 1570. The average molecular weight is 540 g/mol. The van der Waals surface area contributed by atoms with Gasteiger partial charge in [0.1, 0.15) is 3.70 Å². The summed E-state index contributed by atoms with van der Waals surface area (Å²) in [5.41, 5.74) is 5.49. The van der Waals surface area contributed by atoms with Crippen molar-refractivity contribution < 1.29 is 0 Å². The van der Waals surface area contributed by atoms with Crippen LogP contribution < -0.4 is 0 Å². The minimum Gasteiger partial charge on any atom is -0.228 e. The summed E-state index contributed by atoms with van der Waals surface area (Å²) >= 11 is 4.11. The molecular formula is C28H17IN2S. The van der Waals surface area contributed by atoms with Gasteiger partial charge in [-0.25, -0.2) is 9.97 Å². The lowest BCUT2D eigenvalue weighted by Crippen LogP contribution is -1.95. The molecule has 32 heavy (non-hydrogen) atoms. The highest BCUT2D eigenvalue weighted by atomic mass is 127. The van der Waals surface area contributed by atoms with Crippen LogP contribution in [0.2, 0.25) is 0 Å². The molecule has 152 valence electrons. The van der Waals surface area contributed by atoms with E-state index in [1.54, 1.807) is 0 Å². The number of benzene rings is 4. The summed E-state index contributed by atoms with van der Waals surface area (Å²) in [5, 5.41) is 2.55. The molecule has 0 radical (unpaired) electrons. The van der Waals surface area contributed by atoms with Crippen LogP contribution in [0.1, 0.15) is 0 Å². The zero-order valence-electron chi connectivity index (χ0n) is 17.0. The normalized spacial score (nSPS) is 11.3. The third-order valence-electron chi connectivity index (χ3n) is 5.62. The van der Waals surface area contributed by atoms with Crippen LogP contribution in [0, 0.1) is 3.70 Å². The molecule has 0 amide bonds. The fourth-order valence-corrected chi connectivity index (χ4v) is 5.63. The molecule has 0 N–H and O–H groups in total. The molecule has 4 heteroatoms. The highest BCUT2D eigenvalue weighted by molar-refractivity contribution is 14.1. The second-order valence-electron chi connectivity index (χ2n) is 7.65. The molecule has 0 atom stereocenters. The summed E-state index contributed by atoms with van der Waals surface area (Å²) in [7, 11) is 0. The average Bonchev–Trinajstić information content (AvgIpc) is 3.22. The second kappa shape index (κ2) is 8.11. The van der Waals surface area contributed by atoms with Gasteiger partial charge < -0.3 is 0 Å². The molecule has 0 aliphatic heterocycles. The largest absolute Gasteiger partial charge is 0.228 e. The maximum atomic E-state index is 4.94. The van der Waals surface area contributed by atoms with Crippen LogP contribution in [-0.2, 0) is 0 Å². The van der Waals surface area contributed by atoms with Gasteiger partial charge in [-0.1, -0.05) is 72.8 Å². The fraction of sp³-hybridized carbons (Fsp3) is 0. The van der Waals surface area contributed by atoms with Crippen molar-refractivity contribution in [2.45, 2.75) is 0 Å². The maximum Gasteiger partial charge on any atom is 0.160 e. The standard InChI is InChI=1S/C28H17IN2S/c29-27-17-24(20-12-10-19(11-13-20)18-6-2-1-3-7-18)30-28(31-27)21-14-15-26-23(16-21)22-8-4-5-9-25(22)32-26/h1-17H. The number of rotatable bonds is 3. The van der Waals surface area contributed by atoms with Gasteiger partial charge >= 0.3 is 0 Å². The predicted molar refractivity (Wildman–Crippen MR) is 144 cm³/mol. The molecule has 0 aliphatic rings. The van der Waals surface area contributed by atoms with E-state index in [2.05, 4.69) is 114 Å². The van der Waals surface area contributed by atoms with Crippen molar-refractivity contribution in [3.05, 3.63) is 107 Å². The summed E-state index contributed by atoms with van der Waals surface area (Å²) in [6, 6.07) is 36.2. The number of hydrogen-bond acceptors (Lipinski definition) is 3. The zero-order valence-corrected chi connectivity index (χ0v) is 20.0. The van der Waals surface area contributed by atoms with E-state index in [1.807, 2.05) is 23.5 Å². The van der Waals surface area contributed by atoms with Gasteiger partial charge in [-0.2, -0.15) is 0 Å². The van der Waals surface area contributed by atoms with Gasteiger partial charge in [0, 0.05) is 31.3 Å². The van der Waals surface area contributed by atoms with Gasteiger partial charge in [0.25, 0.3) is 0 Å². The molecular weight excluding hydrogens is 523 g/mol. The lowest BCUT2D eigenvalue weighted by molar-refractivity contribution is 1.15. The number of thiophene rings is 1. The Morgan fingerprint density at radius 1 is 0.531 bits per heavy atom. The molecule has 0 fully saturated rings. The molecule has 0 aliphatic carbocycles. The van der Waals surface area contributed by atoms with Crippen molar-refractivity contribution in [1.82, 2.24) is 9.97 Å². The number of hydrogen-bond donors (Lipinski definition) is 0. The Kier molecular flexibility index (Phi) is 4.97. The van der Waals surface area contributed by atoms with Crippen molar-refractivity contribution in [2.75, 3.05) is 0 Å². The Morgan fingerprint density at radius 3 is 2.03 bits per heavy atom.